The van der Waals surface area contributed by atoms with Crippen molar-refractivity contribution in [3.8, 4) is 0 Å². The lowest BCUT2D eigenvalue weighted by Gasteiger charge is -2.28. The molecule has 0 aliphatic heterocycles. The van der Waals surface area contributed by atoms with Crippen molar-refractivity contribution in [2.45, 2.75) is 72.6 Å². The van der Waals surface area contributed by atoms with Gasteiger partial charge in [0, 0.05) is 0 Å². The molecule has 9 heteroatoms. The van der Waals surface area contributed by atoms with Gasteiger partial charge in [0.1, 0.15) is 18.1 Å². The topological polar surface area (TPSA) is 151 Å². The molecular weight excluding hydrogens is 352 g/mol. The normalized spacial score (nSPS) is 15.8. The number of carbonyl (C=O) groups is 4. The second-order valence-electron chi connectivity index (χ2n) is 7.80. The van der Waals surface area contributed by atoms with Crippen molar-refractivity contribution in [1.29, 1.82) is 0 Å². The molecule has 0 bridgehead atoms. The van der Waals surface area contributed by atoms with E-state index in [2.05, 4.69) is 16.0 Å². The van der Waals surface area contributed by atoms with E-state index in [0.29, 0.717) is 0 Å². The van der Waals surface area contributed by atoms with Crippen molar-refractivity contribution >= 4 is 23.7 Å². The molecule has 3 amide bonds. The minimum Gasteiger partial charge on any atom is -0.480 e. The quantitative estimate of drug-likeness (QED) is 0.352. The molecule has 0 heterocycles. The number of hydrogen-bond acceptors (Lipinski definition) is 5. The first-order valence-corrected chi connectivity index (χ1v) is 9.19. The maximum atomic E-state index is 12.7. The highest BCUT2D eigenvalue weighted by molar-refractivity contribution is 5.94. The van der Waals surface area contributed by atoms with Crippen LogP contribution in [0.15, 0.2) is 0 Å². The van der Waals surface area contributed by atoms with Crippen LogP contribution in [0.2, 0.25) is 0 Å². The van der Waals surface area contributed by atoms with Gasteiger partial charge in [-0.2, -0.15) is 0 Å². The number of carboxylic acids is 1. The number of aliphatic carboxylic acids is 1. The number of carboxylic acid groups (broad SMARTS) is 1. The fourth-order valence-corrected chi connectivity index (χ4v) is 2.23. The van der Waals surface area contributed by atoms with Crippen LogP contribution in [0.4, 0.5) is 0 Å². The van der Waals surface area contributed by atoms with Crippen molar-refractivity contribution in [1.82, 2.24) is 16.0 Å². The lowest BCUT2D eigenvalue weighted by atomic mass is 9.98. The van der Waals surface area contributed by atoms with Crippen LogP contribution in [0.3, 0.4) is 0 Å². The van der Waals surface area contributed by atoms with Crippen molar-refractivity contribution in [3.63, 3.8) is 0 Å². The lowest BCUT2D eigenvalue weighted by Crippen LogP contribution is -2.59. The number of amides is 3. The molecule has 9 nitrogen and oxygen atoms in total. The molecule has 0 aliphatic carbocycles. The van der Waals surface area contributed by atoms with Gasteiger partial charge in [0.05, 0.1) is 6.04 Å². The zero-order chi connectivity index (χ0) is 21.5. The molecule has 0 aromatic carbocycles. The fourth-order valence-electron chi connectivity index (χ4n) is 2.23. The van der Waals surface area contributed by atoms with Gasteiger partial charge in [0.2, 0.25) is 17.7 Å². The second kappa shape index (κ2) is 10.9. The monoisotopic (exact) mass is 386 g/mol. The number of hydrogen-bond donors (Lipinski definition) is 5. The molecule has 6 N–H and O–H groups in total. The van der Waals surface area contributed by atoms with E-state index in [0.717, 1.165) is 0 Å². The zero-order valence-corrected chi connectivity index (χ0v) is 17.2. The predicted molar refractivity (Wildman–Crippen MR) is 102 cm³/mol. The molecule has 4 unspecified atom stereocenters. The summed E-state index contributed by atoms with van der Waals surface area (Å²) >= 11 is 0. The lowest BCUT2D eigenvalue weighted by molar-refractivity contribution is -0.142. The van der Waals surface area contributed by atoms with Crippen molar-refractivity contribution in [3.05, 3.63) is 0 Å². The third kappa shape index (κ3) is 7.94. The molecule has 27 heavy (non-hydrogen) atoms. The van der Waals surface area contributed by atoms with E-state index in [1.165, 1.54) is 6.92 Å². The van der Waals surface area contributed by atoms with Gasteiger partial charge in [-0.25, -0.2) is 0 Å². The Morgan fingerprint density at radius 1 is 0.667 bits per heavy atom. The standard InChI is InChI=1S/C18H34N4O5/c1-8(2)12(19)15(23)21-14(10(5)6)17(25)22-13(9(3)4)16(24)20-11(7)18(26)27/h8-14H,19H2,1-7H3,(H,20,24)(H,21,23)(H,22,25)(H,26,27). The van der Waals surface area contributed by atoms with E-state index in [1.54, 1.807) is 41.5 Å². The smallest absolute Gasteiger partial charge is 0.325 e. The highest BCUT2D eigenvalue weighted by atomic mass is 16.4. The molecule has 0 aromatic rings. The summed E-state index contributed by atoms with van der Waals surface area (Å²) < 4.78 is 0. The number of nitrogens with one attached hydrogen (secondary N) is 3. The molecule has 0 aromatic heterocycles. The number of rotatable bonds is 10. The van der Waals surface area contributed by atoms with Crippen LogP contribution in [0.5, 0.6) is 0 Å². The summed E-state index contributed by atoms with van der Waals surface area (Å²) in [5.41, 5.74) is 5.83. The van der Waals surface area contributed by atoms with E-state index in [-0.39, 0.29) is 17.8 Å². The van der Waals surface area contributed by atoms with Crippen molar-refractivity contribution in [2.24, 2.45) is 23.5 Å². The molecule has 0 saturated carbocycles. The molecule has 0 radical (unpaired) electrons. The van der Waals surface area contributed by atoms with Gasteiger partial charge in [-0.1, -0.05) is 41.5 Å². The van der Waals surface area contributed by atoms with Gasteiger partial charge in [-0.3, -0.25) is 19.2 Å². The summed E-state index contributed by atoms with van der Waals surface area (Å²) in [4.78, 5) is 48.2. The Morgan fingerprint density at radius 3 is 1.37 bits per heavy atom. The largest absolute Gasteiger partial charge is 0.480 e. The molecule has 0 aliphatic rings. The van der Waals surface area contributed by atoms with Gasteiger partial charge in [-0.05, 0) is 24.7 Å². The summed E-state index contributed by atoms with van der Waals surface area (Å²) in [7, 11) is 0. The van der Waals surface area contributed by atoms with Crippen LogP contribution in [-0.4, -0.2) is 53.0 Å². The van der Waals surface area contributed by atoms with Crippen LogP contribution in [-0.2, 0) is 19.2 Å². The van der Waals surface area contributed by atoms with Crippen LogP contribution in [0.25, 0.3) is 0 Å². The van der Waals surface area contributed by atoms with Crippen molar-refractivity contribution < 1.29 is 24.3 Å². The van der Waals surface area contributed by atoms with Crippen LogP contribution < -0.4 is 21.7 Å². The van der Waals surface area contributed by atoms with Crippen LogP contribution >= 0.6 is 0 Å². The fraction of sp³-hybridized carbons (Fsp3) is 0.778. The zero-order valence-electron chi connectivity index (χ0n) is 17.2. The maximum absolute atomic E-state index is 12.7. The molecular formula is C18H34N4O5. The minimum absolute atomic E-state index is 0.0902. The Labute approximate surface area is 160 Å². The van der Waals surface area contributed by atoms with E-state index >= 15 is 0 Å². The average molecular weight is 386 g/mol. The summed E-state index contributed by atoms with van der Waals surface area (Å²) in [6.07, 6.45) is 0. The second-order valence-corrected chi connectivity index (χ2v) is 7.80. The van der Waals surface area contributed by atoms with E-state index in [1.807, 2.05) is 0 Å². The van der Waals surface area contributed by atoms with Gasteiger partial charge >= 0.3 is 5.97 Å². The molecule has 0 rings (SSSR count). The first-order valence-electron chi connectivity index (χ1n) is 9.19. The predicted octanol–water partition coefficient (Wildman–Crippen LogP) is -0.159. The summed E-state index contributed by atoms with van der Waals surface area (Å²) in [6.45, 7) is 11.9. The van der Waals surface area contributed by atoms with Crippen LogP contribution in [0, 0.1) is 17.8 Å². The highest BCUT2D eigenvalue weighted by Gasteiger charge is 2.32. The first-order chi connectivity index (χ1) is 12.3. The van der Waals surface area contributed by atoms with Gasteiger partial charge in [0.25, 0.3) is 0 Å². The number of carbonyl (C=O) groups excluding carboxylic acids is 3. The molecule has 156 valence electrons. The maximum Gasteiger partial charge on any atom is 0.325 e. The summed E-state index contributed by atoms with van der Waals surface area (Å²) in [5.74, 6) is -3.34. The Balaban J connectivity index is 5.22. The Morgan fingerprint density at radius 2 is 1.04 bits per heavy atom. The highest BCUT2D eigenvalue weighted by Crippen LogP contribution is 2.08. The number of nitrogens with two attached hydrogens (primary N) is 1. The van der Waals surface area contributed by atoms with Crippen molar-refractivity contribution in [2.75, 3.05) is 0 Å². The average Bonchev–Trinajstić information content (AvgIpc) is 2.54. The molecule has 0 fully saturated rings. The molecule has 4 atom stereocenters. The van der Waals surface area contributed by atoms with E-state index < -0.39 is 47.9 Å². The van der Waals surface area contributed by atoms with E-state index in [4.69, 9.17) is 10.8 Å². The minimum atomic E-state index is -1.17. The van der Waals surface area contributed by atoms with Crippen LogP contribution in [0.1, 0.15) is 48.5 Å². The molecule has 0 saturated heterocycles. The SMILES string of the molecule is CC(NC(=O)C(NC(=O)C(NC(=O)C(N)C(C)C)C(C)C)C(C)C)C(=O)O. The third-order valence-corrected chi connectivity index (χ3v) is 4.24. The first kappa shape index (κ1) is 24.8. The molecule has 0 spiro atoms. The third-order valence-electron chi connectivity index (χ3n) is 4.24. The summed E-state index contributed by atoms with van der Waals surface area (Å²) in [6, 6.07) is -3.63. The Kier molecular flexibility index (Phi) is 9.99. The summed E-state index contributed by atoms with van der Waals surface area (Å²) in [5, 5.41) is 16.5. The van der Waals surface area contributed by atoms with Gasteiger partial charge in [-0.15, -0.1) is 0 Å². The Bertz CT molecular complexity index is 548. The van der Waals surface area contributed by atoms with E-state index in [9.17, 15) is 19.2 Å². The van der Waals surface area contributed by atoms with Gasteiger partial charge in [0.15, 0.2) is 0 Å². The Hall–Kier alpha value is -2.16. The van der Waals surface area contributed by atoms with Gasteiger partial charge < -0.3 is 26.8 Å².